The largest absolute Gasteiger partial charge is 0.479 e. The molecule has 0 spiro atoms. The Hall–Kier alpha value is -0.810. The van der Waals surface area contributed by atoms with Crippen LogP contribution in [0.25, 0.3) is 0 Å². The van der Waals surface area contributed by atoms with Gasteiger partial charge in [-0.3, -0.25) is 0 Å². The summed E-state index contributed by atoms with van der Waals surface area (Å²) in [5.74, 6) is 0.684. The van der Waals surface area contributed by atoms with E-state index in [1.165, 1.54) is 0 Å². The van der Waals surface area contributed by atoms with Crippen molar-refractivity contribution in [3.05, 3.63) is 16.7 Å². The number of nitrogens with zero attached hydrogens (tertiary/aromatic N) is 2. The summed E-state index contributed by atoms with van der Waals surface area (Å²) < 4.78 is 6.11. The average molecular weight is 286 g/mol. The summed E-state index contributed by atoms with van der Waals surface area (Å²) in [5.41, 5.74) is 1.07. The normalized spacial score (nSPS) is 20.9. The smallest absolute Gasteiger partial charge is 0.238 e. The third-order valence-electron chi connectivity index (χ3n) is 2.71. The Bertz CT molecular complexity index is 372. The number of piperazine rings is 1. The molecule has 4 nitrogen and oxygen atoms in total. The minimum atomic E-state index is 0.502. The molecule has 1 atom stereocenters. The van der Waals surface area contributed by atoms with E-state index in [2.05, 4.69) is 38.1 Å². The van der Waals surface area contributed by atoms with Gasteiger partial charge in [-0.25, -0.2) is 4.98 Å². The van der Waals surface area contributed by atoms with Crippen molar-refractivity contribution in [1.82, 2.24) is 10.3 Å². The Balaban J connectivity index is 2.24. The Morgan fingerprint density at radius 2 is 2.38 bits per heavy atom. The van der Waals surface area contributed by atoms with E-state index in [4.69, 9.17) is 4.74 Å². The number of hydrogen-bond acceptors (Lipinski definition) is 4. The van der Waals surface area contributed by atoms with Crippen LogP contribution >= 0.6 is 15.9 Å². The number of anilines is 1. The summed E-state index contributed by atoms with van der Waals surface area (Å²) in [6.45, 7) is 5.16. The number of halogens is 1. The highest BCUT2D eigenvalue weighted by Crippen LogP contribution is 2.28. The molecule has 5 heteroatoms. The number of hydrogen-bond donors (Lipinski definition) is 1. The molecule has 1 fully saturated rings. The molecule has 0 radical (unpaired) electrons. The van der Waals surface area contributed by atoms with Crippen molar-refractivity contribution >= 4 is 21.6 Å². The van der Waals surface area contributed by atoms with Gasteiger partial charge in [-0.1, -0.05) is 0 Å². The van der Waals surface area contributed by atoms with Gasteiger partial charge in [-0.2, -0.15) is 0 Å². The Kier molecular flexibility index (Phi) is 3.66. The van der Waals surface area contributed by atoms with E-state index in [-0.39, 0.29) is 0 Å². The molecule has 1 N–H and O–H groups in total. The molecule has 1 aromatic heterocycles. The van der Waals surface area contributed by atoms with Crippen molar-refractivity contribution in [2.75, 3.05) is 31.6 Å². The molecular weight excluding hydrogens is 270 g/mol. The summed E-state index contributed by atoms with van der Waals surface area (Å²) in [5, 5.41) is 3.42. The van der Waals surface area contributed by atoms with Crippen molar-refractivity contribution < 1.29 is 4.74 Å². The lowest BCUT2D eigenvalue weighted by Gasteiger charge is -2.33. The second kappa shape index (κ2) is 5.01. The van der Waals surface area contributed by atoms with Gasteiger partial charge in [0.1, 0.15) is 10.3 Å². The van der Waals surface area contributed by atoms with Crippen LogP contribution in [-0.4, -0.2) is 37.8 Å². The Morgan fingerprint density at radius 3 is 3.06 bits per heavy atom. The van der Waals surface area contributed by atoms with Gasteiger partial charge < -0.3 is 15.0 Å². The van der Waals surface area contributed by atoms with Crippen molar-refractivity contribution in [2.24, 2.45) is 0 Å². The standard InChI is InChI=1S/C11H16BrN3O/c1-8-7-15(6-5-13-8)9-3-4-10(12)14-11(9)16-2/h3-4,8,13H,5-7H2,1-2H3. The molecule has 2 rings (SSSR count). The third-order valence-corrected chi connectivity index (χ3v) is 3.15. The first-order chi connectivity index (χ1) is 7.70. The maximum atomic E-state index is 5.31. The number of pyridine rings is 1. The SMILES string of the molecule is COc1nc(Br)ccc1N1CCNC(C)C1. The third kappa shape index (κ3) is 2.47. The highest BCUT2D eigenvalue weighted by molar-refractivity contribution is 9.10. The van der Waals surface area contributed by atoms with E-state index in [0.717, 1.165) is 29.9 Å². The van der Waals surface area contributed by atoms with Crippen LogP contribution in [0.15, 0.2) is 16.7 Å². The summed E-state index contributed by atoms with van der Waals surface area (Å²) >= 11 is 3.35. The predicted molar refractivity (Wildman–Crippen MR) is 68.2 cm³/mol. The van der Waals surface area contributed by atoms with E-state index in [1.807, 2.05) is 12.1 Å². The molecule has 0 aromatic carbocycles. The van der Waals surface area contributed by atoms with E-state index in [1.54, 1.807) is 7.11 Å². The number of ether oxygens (including phenoxy) is 1. The zero-order valence-electron chi connectivity index (χ0n) is 9.53. The number of aromatic nitrogens is 1. The molecule has 2 heterocycles. The molecule has 1 saturated heterocycles. The van der Waals surface area contributed by atoms with Gasteiger partial charge in [-0.05, 0) is 35.0 Å². The molecule has 1 unspecified atom stereocenters. The van der Waals surface area contributed by atoms with Crippen LogP contribution in [0, 0.1) is 0 Å². The van der Waals surface area contributed by atoms with Crippen molar-refractivity contribution in [1.29, 1.82) is 0 Å². The maximum absolute atomic E-state index is 5.31. The minimum absolute atomic E-state index is 0.502. The van der Waals surface area contributed by atoms with Crippen LogP contribution in [0.1, 0.15) is 6.92 Å². The molecule has 1 aliphatic rings. The lowest BCUT2D eigenvalue weighted by Crippen LogP contribution is -2.49. The van der Waals surface area contributed by atoms with Crippen LogP contribution in [0.4, 0.5) is 5.69 Å². The number of nitrogens with one attached hydrogen (secondary N) is 1. The highest BCUT2D eigenvalue weighted by atomic mass is 79.9. The topological polar surface area (TPSA) is 37.4 Å². The highest BCUT2D eigenvalue weighted by Gasteiger charge is 2.19. The second-order valence-electron chi connectivity index (χ2n) is 3.96. The van der Waals surface area contributed by atoms with Gasteiger partial charge >= 0.3 is 0 Å². The molecule has 0 amide bonds. The predicted octanol–water partition coefficient (Wildman–Crippen LogP) is 1.65. The molecule has 0 bridgehead atoms. The molecule has 16 heavy (non-hydrogen) atoms. The molecule has 0 aliphatic carbocycles. The van der Waals surface area contributed by atoms with E-state index >= 15 is 0 Å². The summed E-state index contributed by atoms with van der Waals surface area (Å²) in [6.07, 6.45) is 0. The molecule has 88 valence electrons. The number of methoxy groups -OCH3 is 1. The molecular formula is C11H16BrN3O. The lowest BCUT2D eigenvalue weighted by atomic mass is 10.2. The minimum Gasteiger partial charge on any atom is -0.479 e. The second-order valence-corrected chi connectivity index (χ2v) is 4.78. The Morgan fingerprint density at radius 1 is 1.56 bits per heavy atom. The fourth-order valence-electron chi connectivity index (χ4n) is 1.95. The van der Waals surface area contributed by atoms with Gasteiger partial charge in [0.15, 0.2) is 0 Å². The van der Waals surface area contributed by atoms with E-state index in [9.17, 15) is 0 Å². The van der Waals surface area contributed by atoms with Crippen LogP contribution < -0.4 is 15.0 Å². The lowest BCUT2D eigenvalue weighted by molar-refractivity contribution is 0.393. The fraction of sp³-hybridized carbons (Fsp3) is 0.545. The first kappa shape index (κ1) is 11.7. The van der Waals surface area contributed by atoms with Gasteiger partial charge in [0.2, 0.25) is 5.88 Å². The molecule has 0 saturated carbocycles. The Labute approximate surface area is 104 Å². The quantitative estimate of drug-likeness (QED) is 0.839. The zero-order chi connectivity index (χ0) is 11.5. The summed E-state index contributed by atoms with van der Waals surface area (Å²) in [7, 11) is 1.66. The van der Waals surface area contributed by atoms with Gasteiger partial charge in [0.25, 0.3) is 0 Å². The zero-order valence-corrected chi connectivity index (χ0v) is 11.1. The first-order valence-electron chi connectivity index (χ1n) is 5.39. The van der Waals surface area contributed by atoms with Crippen LogP contribution in [0.2, 0.25) is 0 Å². The van der Waals surface area contributed by atoms with Gasteiger partial charge in [0, 0.05) is 25.7 Å². The van der Waals surface area contributed by atoms with Gasteiger partial charge in [-0.15, -0.1) is 0 Å². The molecule has 1 aromatic rings. The van der Waals surface area contributed by atoms with E-state index < -0.39 is 0 Å². The van der Waals surface area contributed by atoms with Crippen molar-refractivity contribution in [2.45, 2.75) is 13.0 Å². The van der Waals surface area contributed by atoms with E-state index in [0.29, 0.717) is 11.9 Å². The monoisotopic (exact) mass is 285 g/mol. The number of rotatable bonds is 2. The van der Waals surface area contributed by atoms with Crippen molar-refractivity contribution in [3.63, 3.8) is 0 Å². The maximum Gasteiger partial charge on any atom is 0.238 e. The van der Waals surface area contributed by atoms with Crippen LogP contribution in [0.3, 0.4) is 0 Å². The average Bonchev–Trinajstić information content (AvgIpc) is 2.28. The fourth-order valence-corrected chi connectivity index (χ4v) is 2.25. The first-order valence-corrected chi connectivity index (χ1v) is 6.19. The van der Waals surface area contributed by atoms with Gasteiger partial charge in [0.05, 0.1) is 7.11 Å². The molecule has 1 aliphatic heterocycles. The summed E-state index contributed by atoms with van der Waals surface area (Å²) in [6, 6.07) is 4.50. The van der Waals surface area contributed by atoms with Crippen LogP contribution in [-0.2, 0) is 0 Å². The van der Waals surface area contributed by atoms with Crippen LogP contribution in [0.5, 0.6) is 5.88 Å². The summed E-state index contributed by atoms with van der Waals surface area (Å²) in [4.78, 5) is 6.63. The van der Waals surface area contributed by atoms with Crippen molar-refractivity contribution in [3.8, 4) is 5.88 Å².